The van der Waals surface area contributed by atoms with Crippen LogP contribution in [-0.2, 0) is 9.59 Å². The molecule has 0 aromatic carbocycles. The predicted molar refractivity (Wildman–Crippen MR) is 78.8 cm³/mol. The van der Waals surface area contributed by atoms with Crippen molar-refractivity contribution in [2.24, 2.45) is 0 Å². The molecule has 0 fully saturated rings. The third kappa shape index (κ3) is 2.39. The molecule has 0 aliphatic carbocycles. The van der Waals surface area contributed by atoms with Crippen LogP contribution in [-0.4, -0.2) is 39.2 Å². The van der Waals surface area contributed by atoms with Gasteiger partial charge < -0.3 is 9.80 Å². The molecule has 0 aromatic rings. The topological polar surface area (TPSA) is 40.6 Å². The highest BCUT2D eigenvalue weighted by molar-refractivity contribution is 6.04. The fraction of sp³-hybridized carbons (Fsp3) is 0.625. The molecule has 2 amide bonds. The van der Waals surface area contributed by atoms with Gasteiger partial charge in [-0.15, -0.1) is 0 Å². The van der Waals surface area contributed by atoms with E-state index in [0.29, 0.717) is 18.7 Å². The van der Waals surface area contributed by atoms with E-state index in [1.165, 1.54) is 0 Å². The smallest absolute Gasteiger partial charge is 0.271 e. The molecular weight excluding hydrogens is 252 g/mol. The van der Waals surface area contributed by atoms with Crippen molar-refractivity contribution in [1.29, 1.82) is 0 Å². The summed E-state index contributed by atoms with van der Waals surface area (Å²) in [6.07, 6.45) is 4.24. The quantitative estimate of drug-likeness (QED) is 0.682. The molecule has 0 spiro atoms. The Morgan fingerprint density at radius 2 is 1.60 bits per heavy atom. The van der Waals surface area contributed by atoms with Crippen molar-refractivity contribution < 1.29 is 9.59 Å². The Labute approximate surface area is 121 Å². The van der Waals surface area contributed by atoms with Gasteiger partial charge in [0.25, 0.3) is 5.91 Å². The average molecular weight is 276 g/mol. The van der Waals surface area contributed by atoms with Crippen LogP contribution >= 0.6 is 0 Å². The molecule has 20 heavy (non-hydrogen) atoms. The summed E-state index contributed by atoms with van der Waals surface area (Å²) in [5.41, 5.74) is 0.762. The van der Waals surface area contributed by atoms with Crippen molar-refractivity contribution >= 4 is 11.8 Å². The van der Waals surface area contributed by atoms with E-state index in [9.17, 15) is 9.59 Å². The molecule has 2 heterocycles. The summed E-state index contributed by atoms with van der Waals surface area (Å²) in [7, 11) is 0. The summed E-state index contributed by atoms with van der Waals surface area (Å²) in [6, 6.07) is 0. The minimum atomic E-state index is -0.383. The van der Waals surface area contributed by atoms with E-state index in [1.807, 2.05) is 58.6 Å². The first kappa shape index (κ1) is 14.8. The number of nitrogens with zero attached hydrogens (tertiary/aromatic N) is 2. The van der Waals surface area contributed by atoms with Crippen LogP contribution in [0, 0.1) is 0 Å². The predicted octanol–water partition coefficient (Wildman–Crippen LogP) is 2.47. The molecule has 0 aromatic heterocycles. The van der Waals surface area contributed by atoms with Crippen LogP contribution in [0.1, 0.15) is 48.0 Å². The van der Waals surface area contributed by atoms with Gasteiger partial charge in [-0.1, -0.05) is 12.2 Å². The molecule has 0 bridgehead atoms. The molecule has 0 saturated carbocycles. The Morgan fingerprint density at radius 3 is 2.10 bits per heavy atom. The second-order valence-electron chi connectivity index (χ2n) is 7.44. The maximum Gasteiger partial charge on any atom is 0.271 e. The van der Waals surface area contributed by atoms with E-state index in [0.717, 1.165) is 5.57 Å². The van der Waals surface area contributed by atoms with Crippen LogP contribution in [0.2, 0.25) is 0 Å². The molecule has 0 unspecified atom stereocenters. The molecule has 2 aliphatic rings. The molecule has 2 rings (SSSR count). The average Bonchev–Trinajstić information content (AvgIpc) is 2.50. The Kier molecular flexibility index (Phi) is 3.31. The fourth-order valence-electron chi connectivity index (χ4n) is 2.76. The third-order valence-corrected chi connectivity index (χ3v) is 3.65. The summed E-state index contributed by atoms with van der Waals surface area (Å²) in [4.78, 5) is 28.7. The first-order valence-electron chi connectivity index (χ1n) is 7.08. The van der Waals surface area contributed by atoms with E-state index >= 15 is 0 Å². The van der Waals surface area contributed by atoms with Gasteiger partial charge >= 0.3 is 0 Å². The van der Waals surface area contributed by atoms with Gasteiger partial charge in [0, 0.05) is 17.6 Å². The third-order valence-electron chi connectivity index (χ3n) is 3.65. The lowest BCUT2D eigenvalue weighted by molar-refractivity contribution is -0.139. The largest absolute Gasteiger partial charge is 0.329 e. The monoisotopic (exact) mass is 276 g/mol. The van der Waals surface area contributed by atoms with E-state index in [-0.39, 0.29) is 22.9 Å². The number of carbonyl (C=O) groups excluding carboxylic acids is 2. The van der Waals surface area contributed by atoms with Crippen LogP contribution < -0.4 is 0 Å². The van der Waals surface area contributed by atoms with Gasteiger partial charge in [-0.05, 0) is 47.1 Å². The van der Waals surface area contributed by atoms with Gasteiger partial charge in [0.1, 0.15) is 5.70 Å². The summed E-state index contributed by atoms with van der Waals surface area (Å²) < 4.78 is 0. The molecule has 0 N–H and O–H groups in total. The SMILES string of the molecule is CC(C)(C)N1CC=CC2=C(C1=O)N(C(C)(C)C)C(=O)C2. The Hall–Kier alpha value is -1.58. The first-order valence-corrected chi connectivity index (χ1v) is 7.08. The van der Waals surface area contributed by atoms with E-state index in [4.69, 9.17) is 0 Å². The zero-order valence-corrected chi connectivity index (χ0v) is 13.3. The van der Waals surface area contributed by atoms with Gasteiger partial charge in [-0.25, -0.2) is 0 Å². The summed E-state index contributed by atoms with van der Waals surface area (Å²) >= 11 is 0. The van der Waals surface area contributed by atoms with Crippen molar-refractivity contribution in [3.8, 4) is 0 Å². The lowest BCUT2D eigenvalue weighted by atomic mass is 10.0. The van der Waals surface area contributed by atoms with Gasteiger partial charge in [0.2, 0.25) is 5.91 Å². The van der Waals surface area contributed by atoms with E-state index < -0.39 is 0 Å². The Morgan fingerprint density at radius 1 is 1.00 bits per heavy atom. The summed E-state index contributed by atoms with van der Waals surface area (Å²) in [5.74, 6) is -0.0328. The van der Waals surface area contributed by atoms with Crippen molar-refractivity contribution in [2.45, 2.75) is 59.0 Å². The maximum absolute atomic E-state index is 12.9. The number of hydrogen-bond acceptors (Lipinski definition) is 2. The minimum Gasteiger partial charge on any atom is -0.329 e. The van der Waals surface area contributed by atoms with Crippen LogP contribution in [0.25, 0.3) is 0 Å². The molecule has 2 aliphatic heterocycles. The highest BCUT2D eigenvalue weighted by Gasteiger charge is 2.43. The van der Waals surface area contributed by atoms with Gasteiger partial charge in [-0.2, -0.15) is 0 Å². The molecule has 4 nitrogen and oxygen atoms in total. The summed E-state index contributed by atoms with van der Waals surface area (Å²) in [5, 5.41) is 0. The van der Waals surface area contributed by atoms with E-state index in [2.05, 4.69) is 0 Å². The van der Waals surface area contributed by atoms with E-state index in [1.54, 1.807) is 4.90 Å². The highest BCUT2D eigenvalue weighted by atomic mass is 16.2. The molecule has 0 atom stereocenters. The zero-order chi connectivity index (χ0) is 15.3. The molecule has 4 heteroatoms. The van der Waals surface area contributed by atoms with Crippen LogP contribution in [0.15, 0.2) is 23.4 Å². The van der Waals surface area contributed by atoms with Crippen molar-refractivity contribution in [3.63, 3.8) is 0 Å². The number of allylic oxidation sites excluding steroid dienone is 1. The second-order valence-corrected chi connectivity index (χ2v) is 7.44. The van der Waals surface area contributed by atoms with Crippen LogP contribution in [0.4, 0.5) is 0 Å². The molecular formula is C16H24N2O2. The Balaban J connectivity index is 2.50. The fourth-order valence-corrected chi connectivity index (χ4v) is 2.76. The number of rotatable bonds is 0. The number of carbonyl (C=O) groups is 2. The molecule has 110 valence electrons. The maximum atomic E-state index is 12.9. The minimum absolute atomic E-state index is 0.0104. The first-order chi connectivity index (χ1) is 9.03. The normalized spacial score (nSPS) is 20.7. The highest BCUT2D eigenvalue weighted by Crippen LogP contribution is 2.35. The standard InChI is InChI=1S/C16H24N2O2/c1-15(2,3)17-9-7-8-11-10-12(19)18(16(4,5)6)13(11)14(17)20/h7-8H,9-10H2,1-6H3. The summed E-state index contributed by atoms with van der Waals surface area (Å²) in [6.45, 7) is 12.5. The van der Waals surface area contributed by atoms with Gasteiger partial charge in [-0.3, -0.25) is 9.59 Å². The Bertz CT molecular complexity index is 516. The molecule has 0 saturated heterocycles. The lowest BCUT2D eigenvalue weighted by Crippen LogP contribution is -2.51. The van der Waals surface area contributed by atoms with Crippen LogP contribution in [0.5, 0.6) is 0 Å². The zero-order valence-electron chi connectivity index (χ0n) is 13.3. The lowest BCUT2D eigenvalue weighted by Gasteiger charge is -2.39. The van der Waals surface area contributed by atoms with Crippen LogP contribution in [0.3, 0.4) is 0 Å². The molecule has 0 radical (unpaired) electrons. The van der Waals surface area contributed by atoms with Gasteiger partial charge in [0.15, 0.2) is 0 Å². The van der Waals surface area contributed by atoms with Gasteiger partial charge in [0.05, 0.1) is 6.42 Å². The second kappa shape index (κ2) is 4.47. The van der Waals surface area contributed by atoms with Crippen molar-refractivity contribution in [1.82, 2.24) is 9.80 Å². The van der Waals surface area contributed by atoms with Crippen molar-refractivity contribution in [2.75, 3.05) is 6.54 Å². The number of hydrogen-bond donors (Lipinski definition) is 0. The van der Waals surface area contributed by atoms with Crippen molar-refractivity contribution in [3.05, 3.63) is 23.4 Å². The number of amides is 2.